The lowest BCUT2D eigenvalue weighted by Crippen LogP contribution is -2.41. The van der Waals surface area contributed by atoms with E-state index in [0.29, 0.717) is 24.0 Å². The molecular weight excluding hydrogens is 441 g/mol. The first-order valence-corrected chi connectivity index (χ1v) is 10.8. The van der Waals surface area contributed by atoms with Gasteiger partial charge in [-0.25, -0.2) is 13.4 Å². The van der Waals surface area contributed by atoms with Gasteiger partial charge in [0.2, 0.25) is 0 Å². The summed E-state index contributed by atoms with van der Waals surface area (Å²) >= 11 is 11.5. The highest BCUT2D eigenvalue weighted by molar-refractivity contribution is 7.89. The summed E-state index contributed by atoms with van der Waals surface area (Å²) < 4.78 is 35.5. The van der Waals surface area contributed by atoms with E-state index in [1.54, 1.807) is 6.07 Å². The summed E-state index contributed by atoms with van der Waals surface area (Å²) in [5.74, 6) is 0.639. The zero-order valence-corrected chi connectivity index (χ0v) is 18.4. The molecule has 0 aliphatic carbocycles. The number of hydrogen-bond acceptors (Lipinski definition) is 6. The number of halogens is 2. The predicted molar refractivity (Wildman–Crippen MR) is 110 cm³/mol. The van der Waals surface area contributed by atoms with Gasteiger partial charge in [0, 0.05) is 5.56 Å². The molecule has 2 aromatic rings. The van der Waals surface area contributed by atoms with Crippen molar-refractivity contribution in [2.75, 3.05) is 13.7 Å². The Labute approximate surface area is 179 Å². The Hall–Kier alpha value is -2.07. The summed E-state index contributed by atoms with van der Waals surface area (Å²) in [7, 11) is -2.70. The fraction of sp³-hybridized carbons (Fsp3) is 0.333. The van der Waals surface area contributed by atoms with E-state index in [-0.39, 0.29) is 20.8 Å². The fourth-order valence-corrected chi connectivity index (χ4v) is 3.67. The van der Waals surface area contributed by atoms with Gasteiger partial charge < -0.3 is 9.47 Å². The Morgan fingerprint density at radius 3 is 2.52 bits per heavy atom. The van der Waals surface area contributed by atoms with Crippen LogP contribution in [0.25, 0.3) is 0 Å². The van der Waals surface area contributed by atoms with Gasteiger partial charge in [0.05, 0.1) is 13.7 Å². The van der Waals surface area contributed by atoms with Gasteiger partial charge in [-0.15, -0.1) is 4.83 Å². The molecule has 158 valence electrons. The van der Waals surface area contributed by atoms with Gasteiger partial charge in [0.1, 0.15) is 10.0 Å². The first kappa shape index (κ1) is 23.2. The number of methoxy groups -OCH3 is 1. The molecule has 0 saturated heterocycles. The third-order valence-corrected chi connectivity index (χ3v) is 5.64. The van der Waals surface area contributed by atoms with Crippen molar-refractivity contribution in [3.63, 3.8) is 0 Å². The lowest BCUT2D eigenvalue weighted by molar-refractivity contribution is 0.0944. The molecule has 2 N–H and O–H groups in total. The zero-order valence-electron chi connectivity index (χ0n) is 16.0. The number of carbonyl (C=O) groups is 1. The molecule has 0 saturated carbocycles. The number of rotatable bonds is 9. The van der Waals surface area contributed by atoms with Crippen LogP contribution in [0.5, 0.6) is 11.5 Å². The smallest absolute Gasteiger partial charge is 0.266 e. The first-order valence-electron chi connectivity index (χ1n) is 8.59. The second kappa shape index (κ2) is 10.1. The van der Waals surface area contributed by atoms with Gasteiger partial charge in [-0.3, -0.25) is 10.2 Å². The molecule has 8 nitrogen and oxygen atoms in total. The van der Waals surface area contributed by atoms with Crippen LogP contribution in [0.2, 0.25) is 10.3 Å². The van der Waals surface area contributed by atoms with E-state index in [1.807, 2.05) is 4.83 Å². The average molecular weight is 462 g/mol. The molecule has 1 amide bonds. The van der Waals surface area contributed by atoms with Gasteiger partial charge in [0.15, 0.2) is 16.7 Å². The number of ether oxygens (including phenoxy) is 2. The highest BCUT2D eigenvalue weighted by atomic mass is 35.5. The highest BCUT2D eigenvalue weighted by Crippen LogP contribution is 2.28. The third-order valence-electron chi connectivity index (χ3n) is 3.75. The number of nitrogens with zero attached hydrogens (tertiary/aromatic N) is 1. The van der Waals surface area contributed by atoms with Crippen LogP contribution in [-0.4, -0.2) is 33.0 Å². The Morgan fingerprint density at radius 2 is 1.90 bits per heavy atom. The van der Waals surface area contributed by atoms with E-state index in [1.165, 1.54) is 31.4 Å². The van der Waals surface area contributed by atoms with Crippen molar-refractivity contribution in [3.05, 3.63) is 46.2 Å². The molecule has 11 heteroatoms. The number of hydrogen-bond donors (Lipinski definition) is 2. The largest absolute Gasteiger partial charge is 0.493 e. The molecule has 29 heavy (non-hydrogen) atoms. The van der Waals surface area contributed by atoms with Gasteiger partial charge in [-0.1, -0.05) is 37.0 Å². The van der Waals surface area contributed by atoms with Crippen LogP contribution in [0.15, 0.2) is 35.2 Å². The molecule has 1 aromatic heterocycles. The molecule has 0 atom stereocenters. The normalized spacial score (nSPS) is 11.4. The molecule has 0 aliphatic rings. The van der Waals surface area contributed by atoms with Crippen molar-refractivity contribution in [3.8, 4) is 11.5 Å². The van der Waals surface area contributed by atoms with Crippen LogP contribution >= 0.6 is 23.2 Å². The highest BCUT2D eigenvalue weighted by Gasteiger charge is 2.21. The van der Waals surface area contributed by atoms with Crippen molar-refractivity contribution >= 4 is 39.1 Å². The minimum atomic E-state index is -4.15. The summed E-state index contributed by atoms with van der Waals surface area (Å²) in [5, 5.41) is -0.274. The number of sulfonamides is 1. The molecule has 1 aromatic carbocycles. The Bertz CT molecular complexity index is 983. The number of nitrogens with one attached hydrogen (secondary N) is 2. The lowest BCUT2D eigenvalue weighted by atomic mass is 10.1. The Morgan fingerprint density at radius 1 is 1.17 bits per heavy atom. The summed E-state index contributed by atoms with van der Waals surface area (Å²) in [6, 6.07) is 6.98. The zero-order chi connectivity index (χ0) is 21.6. The average Bonchev–Trinajstić information content (AvgIpc) is 2.65. The van der Waals surface area contributed by atoms with Crippen LogP contribution in [0.4, 0.5) is 0 Å². The van der Waals surface area contributed by atoms with Gasteiger partial charge >= 0.3 is 0 Å². The van der Waals surface area contributed by atoms with Crippen molar-refractivity contribution in [1.82, 2.24) is 15.2 Å². The predicted octanol–water partition coefficient (Wildman–Crippen LogP) is 3.45. The van der Waals surface area contributed by atoms with Crippen molar-refractivity contribution < 1.29 is 22.7 Å². The molecule has 0 unspecified atom stereocenters. The lowest BCUT2D eigenvalue weighted by Gasteiger charge is -2.13. The number of amides is 1. The molecule has 2 rings (SSSR count). The summed E-state index contributed by atoms with van der Waals surface area (Å²) in [6.07, 6.45) is 0.870. The van der Waals surface area contributed by atoms with E-state index in [0.717, 1.165) is 6.42 Å². The Kier molecular flexibility index (Phi) is 8.09. The van der Waals surface area contributed by atoms with Crippen molar-refractivity contribution in [1.29, 1.82) is 0 Å². The topological polar surface area (TPSA) is 107 Å². The van der Waals surface area contributed by atoms with Gasteiger partial charge in [-0.2, -0.15) is 0 Å². The molecule has 0 fully saturated rings. The maximum Gasteiger partial charge on any atom is 0.266 e. The summed E-state index contributed by atoms with van der Waals surface area (Å²) in [6.45, 7) is 4.68. The number of pyridine rings is 1. The number of carbonyl (C=O) groups excluding carboxylic acids is 1. The maximum atomic E-state index is 12.3. The molecular formula is C18H21Cl2N3O5S. The number of aromatic nitrogens is 1. The molecule has 0 aliphatic heterocycles. The maximum absolute atomic E-state index is 12.3. The van der Waals surface area contributed by atoms with E-state index in [9.17, 15) is 13.2 Å². The molecule has 0 radical (unpaired) electrons. The van der Waals surface area contributed by atoms with Crippen molar-refractivity contribution in [2.24, 2.45) is 5.92 Å². The van der Waals surface area contributed by atoms with Crippen LogP contribution in [0, 0.1) is 5.92 Å². The minimum absolute atomic E-state index is 0.0424. The van der Waals surface area contributed by atoms with Gasteiger partial charge in [0.25, 0.3) is 15.9 Å². The monoisotopic (exact) mass is 461 g/mol. The fourth-order valence-electron chi connectivity index (χ4n) is 2.17. The number of hydrazine groups is 1. The summed E-state index contributed by atoms with van der Waals surface area (Å²) in [5.41, 5.74) is 2.28. The third kappa shape index (κ3) is 6.46. The minimum Gasteiger partial charge on any atom is -0.493 e. The quantitative estimate of drug-likeness (QED) is 0.437. The van der Waals surface area contributed by atoms with Crippen LogP contribution in [-0.2, 0) is 10.0 Å². The Balaban J connectivity index is 2.08. The number of benzene rings is 1. The molecule has 1 heterocycles. The van der Waals surface area contributed by atoms with Crippen LogP contribution in [0.3, 0.4) is 0 Å². The molecule has 0 bridgehead atoms. The van der Waals surface area contributed by atoms with E-state index < -0.39 is 15.9 Å². The second-order valence-corrected chi connectivity index (χ2v) is 8.78. The van der Waals surface area contributed by atoms with E-state index in [4.69, 9.17) is 32.7 Å². The van der Waals surface area contributed by atoms with Gasteiger partial charge in [-0.05, 0) is 42.7 Å². The SMILES string of the molecule is COc1cc(C(=O)NNS(=O)(=O)c2ccc(Cl)nc2Cl)ccc1OCCC(C)C. The standard InChI is InChI=1S/C18H21Cl2N3O5S/c1-11(2)8-9-28-13-5-4-12(10-14(13)27-3)18(24)22-23-29(25,26)15-6-7-16(19)21-17(15)20/h4-7,10-11,23H,8-9H2,1-3H3,(H,22,24). The molecule has 0 spiro atoms. The first-order chi connectivity index (χ1) is 13.6. The van der Waals surface area contributed by atoms with E-state index >= 15 is 0 Å². The second-order valence-electron chi connectivity index (χ2n) is 6.38. The summed E-state index contributed by atoms with van der Waals surface area (Å²) in [4.78, 5) is 17.6. The van der Waals surface area contributed by atoms with Crippen molar-refractivity contribution in [2.45, 2.75) is 25.2 Å². The van der Waals surface area contributed by atoms with E-state index in [2.05, 4.69) is 24.3 Å². The van der Waals surface area contributed by atoms with Crippen LogP contribution < -0.4 is 19.7 Å². The van der Waals surface area contributed by atoms with Crippen LogP contribution in [0.1, 0.15) is 30.6 Å².